The van der Waals surface area contributed by atoms with Crippen molar-refractivity contribution in [2.45, 2.75) is 25.4 Å². The Bertz CT molecular complexity index is 743. The first-order chi connectivity index (χ1) is 12.1. The van der Waals surface area contributed by atoms with E-state index >= 15 is 0 Å². The van der Waals surface area contributed by atoms with Crippen LogP contribution in [-0.4, -0.2) is 41.9 Å². The summed E-state index contributed by atoms with van der Waals surface area (Å²) in [5, 5.41) is 9.82. The first kappa shape index (κ1) is 16.2. The van der Waals surface area contributed by atoms with Crippen molar-refractivity contribution in [1.82, 2.24) is 4.90 Å². The minimum absolute atomic E-state index is 0.0872. The number of carbonyl (C=O) groups is 1. The summed E-state index contributed by atoms with van der Waals surface area (Å²) in [6, 6.07) is 16.7. The fraction of sp³-hybridized carbons (Fsp3) is 0.381. The number of rotatable bonds is 2. The monoisotopic (exact) mass is 337 g/mol. The third-order valence-electron chi connectivity index (χ3n) is 5.45. The largest absolute Gasteiger partial charge is 0.448 e. The van der Waals surface area contributed by atoms with E-state index in [0.29, 0.717) is 26.1 Å². The maximum absolute atomic E-state index is 12.5. The number of nitrogens with zero attached hydrogens (tertiary/aromatic N) is 1. The molecule has 4 rings (SSSR count). The molecule has 2 aliphatic rings. The predicted molar refractivity (Wildman–Crippen MR) is 96.4 cm³/mol. The van der Waals surface area contributed by atoms with Gasteiger partial charge in [0.25, 0.3) is 0 Å². The molecule has 2 atom stereocenters. The Balaban J connectivity index is 1.49. The van der Waals surface area contributed by atoms with Crippen molar-refractivity contribution in [1.29, 1.82) is 0 Å². The van der Waals surface area contributed by atoms with Crippen LogP contribution in [0.1, 0.15) is 30.4 Å². The average Bonchev–Trinajstić information content (AvgIpc) is 2.96. The maximum Gasteiger partial charge on any atom is 0.409 e. The van der Waals surface area contributed by atoms with Crippen molar-refractivity contribution in [3.05, 3.63) is 59.7 Å². The molecule has 2 aromatic rings. The van der Waals surface area contributed by atoms with Crippen molar-refractivity contribution >= 4 is 6.09 Å². The summed E-state index contributed by atoms with van der Waals surface area (Å²) in [5.74, 6) is 0.179. The topological polar surface area (TPSA) is 49.8 Å². The van der Waals surface area contributed by atoms with Gasteiger partial charge in [-0.1, -0.05) is 55.5 Å². The smallest absolute Gasteiger partial charge is 0.409 e. The lowest BCUT2D eigenvalue weighted by molar-refractivity contribution is 0.0262. The van der Waals surface area contributed by atoms with Crippen LogP contribution in [0.4, 0.5) is 4.79 Å². The molecule has 1 saturated heterocycles. The van der Waals surface area contributed by atoms with Gasteiger partial charge in [0.1, 0.15) is 6.61 Å². The van der Waals surface area contributed by atoms with Gasteiger partial charge < -0.3 is 14.7 Å². The number of likely N-dealkylation sites (tertiary alicyclic amines) is 1. The van der Waals surface area contributed by atoms with Crippen LogP contribution < -0.4 is 0 Å². The van der Waals surface area contributed by atoms with Gasteiger partial charge in [-0.15, -0.1) is 0 Å². The molecule has 0 radical (unpaired) electrons. The van der Waals surface area contributed by atoms with Gasteiger partial charge in [-0.2, -0.15) is 0 Å². The number of fused-ring (bicyclic) bond motifs is 3. The Hall–Kier alpha value is -2.33. The van der Waals surface area contributed by atoms with E-state index in [9.17, 15) is 9.90 Å². The lowest BCUT2D eigenvalue weighted by Gasteiger charge is -2.33. The number of benzene rings is 2. The zero-order chi connectivity index (χ0) is 17.4. The Labute approximate surface area is 148 Å². The fourth-order valence-corrected chi connectivity index (χ4v) is 3.98. The Kier molecular flexibility index (Phi) is 4.22. The molecule has 1 amide bonds. The summed E-state index contributed by atoms with van der Waals surface area (Å²) in [6.45, 7) is 3.42. The molecule has 4 heteroatoms. The highest BCUT2D eigenvalue weighted by Crippen LogP contribution is 2.44. The van der Waals surface area contributed by atoms with E-state index in [1.807, 2.05) is 31.2 Å². The van der Waals surface area contributed by atoms with Gasteiger partial charge in [-0.25, -0.2) is 4.79 Å². The van der Waals surface area contributed by atoms with Gasteiger partial charge in [-0.3, -0.25) is 0 Å². The minimum Gasteiger partial charge on any atom is -0.448 e. The molecule has 0 bridgehead atoms. The van der Waals surface area contributed by atoms with Crippen LogP contribution in [0.15, 0.2) is 48.5 Å². The minimum atomic E-state index is -0.322. The lowest BCUT2D eigenvalue weighted by Crippen LogP contribution is -2.45. The van der Waals surface area contributed by atoms with Crippen LogP contribution in [0.2, 0.25) is 0 Å². The van der Waals surface area contributed by atoms with E-state index in [4.69, 9.17) is 4.74 Å². The summed E-state index contributed by atoms with van der Waals surface area (Å²) < 4.78 is 5.67. The van der Waals surface area contributed by atoms with Gasteiger partial charge in [0.15, 0.2) is 0 Å². The zero-order valence-electron chi connectivity index (χ0n) is 14.4. The number of aliphatic hydroxyl groups excluding tert-OH is 1. The molecule has 1 fully saturated rings. The number of aliphatic hydroxyl groups is 1. The highest BCUT2D eigenvalue weighted by molar-refractivity contribution is 5.79. The third-order valence-corrected chi connectivity index (χ3v) is 5.45. The zero-order valence-corrected chi connectivity index (χ0v) is 14.4. The molecular formula is C21H23NO3. The van der Waals surface area contributed by atoms with Gasteiger partial charge in [0, 0.05) is 19.0 Å². The molecule has 0 unspecified atom stereocenters. The van der Waals surface area contributed by atoms with Crippen LogP contribution in [0.25, 0.3) is 11.1 Å². The number of carbonyl (C=O) groups excluding carboxylic acids is 1. The third kappa shape index (κ3) is 2.91. The Morgan fingerprint density at radius 1 is 1.12 bits per heavy atom. The normalized spacial score (nSPS) is 22.4. The second kappa shape index (κ2) is 6.52. The van der Waals surface area contributed by atoms with Crippen molar-refractivity contribution in [2.24, 2.45) is 5.92 Å². The Morgan fingerprint density at radius 2 is 1.72 bits per heavy atom. The molecule has 1 N–H and O–H groups in total. The van der Waals surface area contributed by atoms with Gasteiger partial charge in [0.05, 0.1) is 6.10 Å². The van der Waals surface area contributed by atoms with Crippen LogP contribution in [0.5, 0.6) is 0 Å². The predicted octanol–water partition coefficient (Wildman–Crippen LogP) is 3.64. The lowest BCUT2D eigenvalue weighted by atomic mass is 9.97. The van der Waals surface area contributed by atoms with Gasteiger partial charge >= 0.3 is 6.09 Å². The van der Waals surface area contributed by atoms with E-state index in [1.54, 1.807) is 4.90 Å². The molecule has 25 heavy (non-hydrogen) atoms. The molecule has 4 nitrogen and oxygen atoms in total. The van der Waals surface area contributed by atoms with Crippen LogP contribution in [0, 0.1) is 5.92 Å². The molecule has 0 spiro atoms. The average molecular weight is 337 g/mol. The van der Waals surface area contributed by atoms with Gasteiger partial charge in [0.2, 0.25) is 0 Å². The fourth-order valence-electron chi connectivity index (χ4n) is 3.98. The highest BCUT2D eigenvalue weighted by Gasteiger charge is 2.31. The summed E-state index contributed by atoms with van der Waals surface area (Å²) in [5.41, 5.74) is 4.90. The van der Waals surface area contributed by atoms with Gasteiger partial charge in [-0.05, 0) is 34.6 Å². The van der Waals surface area contributed by atoms with Crippen molar-refractivity contribution < 1.29 is 14.6 Å². The van der Waals surface area contributed by atoms with E-state index < -0.39 is 0 Å². The van der Waals surface area contributed by atoms with Crippen LogP contribution in [-0.2, 0) is 4.74 Å². The van der Waals surface area contributed by atoms with E-state index in [-0.39, 0.29) is 24.0 Å². The number of piperidine rings is 1. The van der Waals surface area contributed by atoms with Crippen molar-refractivity contribution in [3.63, 3.8) is 0 Å². The van der Waals surface area contributed by atoms with Crippen LogP contribution in [0.3, 0.4) is 0 Å². The summed E-state index contributed by atoms with van der Waals surface area (Å²) in [7, 11) is 0. The number of ether oxygens (including phenoxy) is 1. The Morgan fingerprint density at radius 3 is 2.32 bits per heavy atom. The van der Waals surface area contributed by atoms with Crippen molar-refractivity contribution in [2.75, 3.05) is 19.7 Å². The number of amides is 1. The summed E-state index contributed by atoms with van der Waals surface area (Å²) in [6.07, 6.45) is 0.0176. The van der Waals surface area contributed by atoms with E-state index in [2.05, 4.69) is 24.3 Å². The molecule has 0 aromatic heterocycles. The second-order valence-corrected chi connectivity index (χ2v) is 7.08. The highest BCUT2D eigenvalue weighted by atomic mass is 16.6. The van der Waals surface area contributed by atoms with E-state index in [1.165, 1.54) is 22.3 Å². The first-order valence-corrected chi connectivity index (χ1v) is 8.93. The molecule has 2 aromatic carbocycles. The molecule has 1 aliphatic carbocycles. The van der Waals surface area contributed by atoms with Crippen LogP contribution >= 0.6 is 0 Å². The second-order valence-electron chi connectivity index (χ2n) is 7.08. The molecular weight excluding hydrogens is 314 g/mol. The quantitative estimate of drug-likeness (QED) is 0.910. The molecule has 130 valence electrons. The number of hydrogen-bond donors (Lipinski definition) is 1. The maximum atomic E-state index is 12.5. The number of hydrogen-bond acceptors (Lipinski definition) is 3. The SMILES string of the molecule is C[C@@H]1CN(C(=O)OCC2c3ccccc3-c3ccccc32)CC[C@@H]1O. The first-order valence-electron chi connectivity index (χ1n) is 8.93. The molecule has 1 heterocycles. The molecule has 0 saturated carbocycles. The molecule has 1 aliphatic heterocycles. The summed E-state index contributed by atoms with van der Waals surface area (Å²) in [4.78, 5) is 14.2. The van der Waals surface area contributed by atoms with E-state index in [0.717, 1.165) is 0 Å². The van der Waals surface area contributed by atoms with Crippen molar-refractivity contribution in [3.8, 4) is 11.1 Å². The standard InChI is InChI=1S/C21H23NO3/c1-14-12-22(11-10-20(14)23)21(24)25-13-19-17-8-4-2-6-15(17)16-7-3-5-9-18(16)19/h2-9,14,19-20,23H,10-13H2,1H3/t14-,20+/m1/s1. The summed E-state index contributed by atoms with van der Waals surface area (Å²) >= 11 is 0.